The summed E-state index contributed by atoms with van der Waals surface area (Å²) in [5.74, 6) is 1.80. The third kappa shape index (κ3) is 2.50. The third-order valence-electron chi connectivity index (χ3n) is 2.70. The molecule has 19 heavy (non-hydrogen) atoms. The van der Waals surface area contributed by atoms with Crippen molar-refractivity contribution in [3.8, 4) is 27.8 Å². The molecule has 0 saturated heterocycles. The van der Waals surface area contributed by atoms with E-state index in [1.165, 1.54) is 11.3 Å². The predicted molar refractivity (Wildman–Crippen MR) is 75.1 cm³/mol. The largest absolute Gasteiger partial charge is 0.493 e. The van der Waals surface area contributed by atoms with Crippen molar-refractivity contribution in [3.05, 3.63) is 23.2 Å². The molecule has 2 rings (SSSR count). The van der Waals surface area contributed by atoms with Crippen LogP contribution in [0.25, 0.3) is 10.6 Å². The first-order valence-electron chi connectivity index (χ1n) is 5.69. The Kier molecular flexibility index (Phi) is 4.24. The SMILES string of the molecule is COc1ccc(-c2nc(CN)cs2)c(OC)c1OC. The lowest BCUT2D eigenvalue weighted by atomic mass is 10.1. The summed E-state index contributed by atoms with van der Waals surface area (Å²) in [7, 11) is 4.77. The van der Waals surface area contributed by atoms with E-state index in [0.29, 0.717) is 23.8 Å². The van der Waals surface area contributed by atoms with Crippen molar-refractivity contribution >= 4 is 11.3 Å². The molecule has 0 aliphatic carbocycles. The molecule has 2 aromatic rings. The molecule has 0 bridgehead atoms. The zero-order chi connectivity index (χ0) is 13.8. The Bertz CT molecular complexity index is 569. The van der Waals surface area contributed by atoms with Crippen molar-refractivity contribution in [1.29, 1.82) is 0 Å². The number of benzene rings is 1. The maximum Gasteiger partial charge on any atom is 0.204 e. The van der Waals surface area contributed by atoms with E-state index in [9.17, 15) is 0 Å². The second-order valence-corrected chi connectivity index (χ2v) is 4.59. The second-order valence-electron chi connectivity index (χ2n) is 3.73. The van der Waals surface area contributed by atoms with Gasteiger partial charge in [-0.1, -0.05) is 0 Å². The van der Waals surface area contributed by atoms with E-state index in [4.69, 9.17) is 19.9 Å². The molecule has 0 radical (unpaired) electrons. The van der Waals surface area contributed by atoms with Gasteiger partial charge in [0.05, 0.1) is 32.6 Å². The van der Waals surface area contributed by atoms with E-state index in [1.54, 1.807) is 21.3 Å². The van der Waals surface area contributed by atoms with E-state index in [0.717, 1.165) is 16.3 Å². The summed E-state index contributed by atoms with van der Waals surface area (Å²) in [5, 5.41) is 2.78. The number of aromatic nitrogens is 1. The Hall–Kier alpha value is -1.79. The Morgan fingerprint density at radius 1 is 1.11 bits per heavy atom. The van der Waals surface area contributed by atoms with E-state index >= 15 is 0 Å². The van der Waals surface area contributed by atoms with Gasteiger partial charge in [0.25, 0.3) is 0 Å². The van der Waals surface area contributed by atoms with Gasteiger partial charge in [-0.2, -0.15) is 0 Å². The first-order chi connectivity index (χ1) is 9.24. The predicted octanol–water partition coefficient (Wildman–Crippen LogP) is 2.29. The Labute approximate surface area is 115 Å². The zero-order valence-electron chi connectivity index (χ0n) is 11.1. The van der Waals surface area contributed by atoms with Crippen molar-refractivity contribution in [2.45, 2.75) is 6.54 Å². The maximum absolute atomic E-state index is 5.58. The molecule has 0 saturated carbocycles. The lowest BCUT2D eigenvalue weighted by Crippen LogP contribution is -1.98. The van der Waals surface area contributed by atoms with Crippen LogP contribution in [0, 0.1) is 0 Å². The van der Waals surface area contributed by atoms with Crippen LogP contribution in [0.15, 0.2) is 17.5 Å². The van der Waals surface area contributed by atoms with Gasteiger partial charge in [0.1, 0.15) is 5.01 Å². The molecule has 0 atom stereocenters. The van der Waals surface area contributed by atoms with Gasteiger partial charge in [-0.25, -0.2) is 4.98 Å². The lowest BCUT2D eigenvalue weighted by molar-refractivity contribution is 0.325. The summed E-state index contributed by atoms with van der Waals surface area (Å²) in [4.78, 5) is 4.46. The average Bonchev–Trinajstić information content (AvgIpc) is 2.94. The van der Waals surface area contributed by atoms with Crippen LogP contribution in [-0.4, -0.2) is 26.3 Å². The Morgan fingerprint density at radius 3 is 2.37 bits per heavy atom. The summed E-state index contributed by atoms with van der Waals surface area (Å²) in [6.45, 7) is 0.423. The van der Waals surface area contributed by atoms with Gasteiger partial charge in [0.2, 0.25) is 5.75 Å². The fourth-order valence-electron chi connectivity index (χ4n) is 1.79. The summed E-state index contributed by atoms with van der Waals surface area (Å²) >= 11 is 1.52. The van der Waals surface area contributed by atoms with Crippen molar-refractivity contribution in [2.24, 2.45) is 5.73 Å². The smallest absolute Gasteiger partial charge is 0.204 e. The van der Waals surface area contributed by atoms with Crippen molar-refractivity contribution in [3.63, 3.8) is 0 Å². The Morgan fingerprint density at radius 2 is 1.84 bits per heavy atom. The first kappa shape index (κ1) is 13.6. The highest BCUT2D eigenvalue weighted by atomic mass is 32.1. The van der Waals surface area contributed by atoms with E-state index < -0.39 is 0 Å². The normalized spacial score (nSPS) is 10.3. The van der Waals surface area contributed by atoms with Crippen LogP contribution in [0.4, 0.5) is 0 Å². The second kappa shape index (κ2) is 5.90. The molecular formula is C13H16N2O3S. The molecule has 1 heterocycles. The molecule has 0 aliphatic heterocycles. The highest BCUT2D eigenvalue weighted by molar-refractivity contribution is 7.13. The van der Waals surface area contributed by atoms with Gasteiger partial charge in [-0.3, -0.25) is 0 Å². The number of nitrogens with zero attached hydrogens (tertiary/aromatic N) is 1. The van der Waals surface area contributed by atoms with Crippen LogP contribution in [-0.2, 0) is 6.54 Å². The number of nitrogens with two attached hydrogens (primary N) is 1. The molecular weight excluding hydrogens is 264 g/mol. The van der Waals surface area contributed by atoms with Crippen LogP contribution in [0.2, 0.25) is 0 Å². The molecule has 0 amide bonds. The number of ether oxygens (including phenoxy) is 3. The minimum atomic E-state index is 0.423. The van der Waals surface area contributed by atoms with Gasteiger partial charge in [0, 0.05) is 11.9 Å². The number of hydrogen-bond donors (Lipinski definition) is 1. The van der Waals surface area contributed by atoms with Crippen LogP contribution in [0.3, 0.4) is 0 Å². The molecule has 1 aromatic heterocycles. The minimum Gasteiger partial charge on any atom is -0.493 e. The number of rotatable bonds is 5. The van der Waals surface area contributed by atoms with Crippen LogP contribution >= 0.6 is 11.3 Å². The quantitative estimate of drug-likeness (QED) is 0.910. The third-order valence-corrected chi connectivity index (χ3v) is 3.62. The standard InChI is InChI=1S/C13H16N2O3S/c1-16-10-5-4-9(11(17-2)12(10)18-3)13-15-8(6-14)7-19-13/h4-5,7H,6,14H2,1-3H3. The molecule has 0 spiro atoms. The fraction of sp³-hybridized carbons (Fsp3) is 0.308. The highest BCUT2D eigenvalue weighted by Gasteiger charge is 2.18. The minimum absolute atomic E-state index is 0.423. The fourth-order valence-corrected chi connectivity index (χ4v) is 2.65. The number of hydrogen-bond acceptors (Lipinski definition) is 6. The molecule has 1 aromatic carbocycles. The van der Waals surface area contributed by atoms with E-state index in [1.807, 2.05) is 17.5 Å². The monoisotopic (exact) mass is 280 g/mol. The highest BCUT2D eigenvalue weighted by Crippen LogP contribution is 2.44. The van der Waals surface area contributed by atoms with Gasteiger partial charge >= 0.3 is 0 Å². The van der Waals surface area contributed by atoms with E-state index in [2.05, 4.69) is 4.98 Å². The van der Waals surface area contributed by atoms with Gasteiger partial charge in [0.15, 0.2) is 11.5 Å². The molecule has 0 fully saturated rings. The van der Waals surface area contributed by atoms with Gasteiger partial charge in [-0.15, -0.1) is 11.3 Å². The number of methoxy groups -OCH3 is 3. The summed E-state index contributed by atoms with van der Waals surface area (Å²) in [6, 6.07) is 3.74. The van der Waals surface area contributed by atoms with Gasteiger partial charge < -0.3 is 19.9 Å². The maximum atomic E-state index is 5.58. The van der Waals surface area contributed by atoms with Crippen LogP contribution in [0.5, 0.6) is 17.2 Å². The summed E-state index contributed by atoms with van der Waals surface area (Å²) in [6.07, 6.45) is 0. The lowest BCUT2D eigenvalue weighted by Gasteiger charge is -2.14. The first-order valence-corrected chi connectivity index (χ1v) is 6.56. The van der Waals surface area contributed by atoms with Crippen molar-refractivity contribution in [2.75, 3.05) is 21.3 Å². The molecule has 5 nitrogen and oxygen atoms in total. The van der Waals surface area contributed by atoms with Crippen LogP contribution < -0.4 is 19.9 Å². The summed E-state index contributed by atoms with van der Waals surface area (Å²) < 4.78 is 16.0. The van der Waals surface area contributed by atoms with Crippen molar-refractivity contribution in [1.82, 2.24) is 4.98 Å². The zero-order valence-corrected chi connectivity index (χ0v) is 11.9. The molecule has 102 valence electrons. The Balaban J connectivity index is 2.56. The molecule has 0 aliphatic rings. The summed E-state index contributed by atoms with van der Waals surface area (Å²) in [5.41, 5.74) is 7.31. The molecule has 2 N–H and O–H groups in total. The van der Waals surface area contributed by atoms with Gasteiger partial charge in [-0.05, 0) is 12.1 Å². The number of thiazole rings is 1. The molecule has 6 heteroatoms. The topological polar surface area (TPSA) is 66.6 Å². The molecule has 0 unspecified atom stereocenters. The van der Waals surface area contributed by atoms with E-state index in [-0.39, 0.29) is 0 Å². The average molecular weight is 280 g/mol. The van der Waals surface area contributed by atoms with Crippen molar-refractivity contribution < 1.29 is 14.2 Å². The van der Waals surface area contributed by atoms with Crippen LogP contribution in [0.1, 0.15) is 5.69 Å².